The lowest BCUT2D eigenvalue weighted by Gasteiger charge is -2.21. The minimum Gasteiger partial charge on any atom is -0.494 e. The second-order valence-corrected chi connectivity index (χ2v) is 6.28. The van der Waals surface area contributed by atoms with Crippen LogP contribution in [0.5, 0.6) is 5.75 Å². The molecule has 0 radical (unpaired) electrons. The third-order valence-electron chi connectivity index (χ3n) is 3.88. The molecule has 0 fully saturated rings. The van der Waals surface area contributed by atoms with E-state index in [-0.39, 0.29) is 29.5 Å². The van der Waals surface area contributed by atoms with Crippen molar-refractivity contribution in [2.24, 2.45) is 0 Å². The first kappa shape index (κ1) is 19.7. The molecule has 0 heterocycles. The predicted octanol–water partition coefficient (Wildman–Crippen LogP) is 4.13. The zero-order valence-corrected chi connectivity index (χ0v) is 15.5. The SMILES string of the molecule is CCN(Cc1ccc(OC)c(F)c1)C(=O)c1ccc(SC)c([N+](=O)[O-])c1. The fourth-order valence-corrected chi connectivity index (χ4v) is 3.05. The Kier molecular flexibility index (Phi) is 6.57. The van der Waals surface area contributed by atoms with E-state index in [1.54, 1.807) is 31.4 Å². The molecule has 1 amide bonds. The molecule has 0 atom stereocenters. The number of carbonyl (C=O) groups is 1. The summed E-state index contributed by atoms with van der Waals surface area (Å²) in [6.07, 6.45) is 1.74. The summed E-state index contributed by atoms with van der Waals surface area (Å²) >= 11 is 1.25. The molecule has 0 unspecified atom stereocenters. The van der Waals surface area contributed by atoms with E-state index in [0.29, 0.717) is 17.0 Å². The zero-order chi connectivity index (χ0) is 19.3. The molecule has 0 aromatic heterocycles. The number of hydrogen-bond acceptors (Lipinski definition) is 5. The molecule has 2 aromatic carbocycles. The number of benzene rings is 2. The van der Waals surface area contributed by atoms with Crippen LogP contribution in [0.3, 0.4) is 0 Å². The van der Waals surface area contributed by atoms with Gasteiger partial charge in [0, 0.05) is 24.7 Å². The maximum atomic E-state index is 13.8. The van der Waals surface area contributed by atoms with Crippen molar-refractivity contribution in [3.63, 3.8) is 0 Å². The van der Waals surface area contributed by atoms with Gasteiger partial charge in [0.05, 0.1) is 16.9 Å². The predicted molar refractivity (Wildman–Crippen MR) is 98.2 cm³/mol. The number of nitro groups is 1. The molecule has 0 spiro atoms. The van der Waals surface area contributed by atoms with Gasteiger partial charge in [-0.3, -0.25) is 14.9 Å². The quantitative estimate of drug-likeness (QED) is 0.412. The van der Waals surface area contributed by atoms with E-state index < -0.39 is 10.7 Å². The molecule has 8 heteroatoms. The van der Waals surface area contributed by atoms with Gasteiger partial charge in [-0.05, 0) is 43.0 Å². The normalized spacial score (nSPS) is 10.5. The third-order valence-corrected chi connectivity index (χ3v) is 4.67. The number of ether oxygens (including phenoxy) is 1. The van der Waals surface area contributed by atoms with Crippen LogP contribution in [0.1, 0.15) is 22.8 Å². The molecule has 0 bridgehead atoms. The van der Waals surface area contributed by atoms with E-state index >= 15 is 0 Å². The van der Waals surface area contributed by atoms with E-state index in [9.17, 15) is 19.3 Å². The average Bonchev–Trinajstić information content (AvgIpc) is 2.65. The number of methoxy groups -OCH3 is 1. The van der Waals surface area contributed by atoms with Crippen molar-refractivity contribution in [3.8, 4) is 5.75 Å². The van der Waals surface area contributed by atoms with Gasteiger partial charge in [-0.1, -0.05) is 6.07 Å². The topological polar surface area (TPSA) is 72.7 Å². The summed E-state index contributed by atoms with van der Waals surface area (Å²) in [6.45, 7) is 2.36. The maximum Gasteiger partial charge on any atom is 0.283 e. The minimum atomic E-state index is -0.506. The summed E-state index contributed by atoms with van der Waals surface area (Å²) in [4.78, 5) is 25.4. The molecule has 138 valence electrons. The number of amides is 1. The van der Waals surface area contributed by atoms with E-state index in [2.05, 4.69) is 0 Å². The fraction of sp³-hybridized carbons (Fsp3) is 0.278. The van der Waals surface area contributed by atoms with E-state index in [4.69, 9.17) is 4.74 Å². The highest BCUT2D eigenvalue weighted by Gasteiger charge is 2.20. The van der Waals surface area contributed by atoms with Gasteiger partial charge in [0.15, 0.2) is 11.6 Å². The van der Waals surface area contributed by atoms with Gasteiger partial charge in [0.1, 0.15) is 0 Å². The highest BCUT2D eigenvalue weighted by molar-refractivity contribution is 7.98. The maximum absolute atomic E-state index is 13.8. The van der Waals surface area contributed by atoms with Gasteiger partial charge >= 0.3 is 0 Å². The van der Waals surface area contributed by atoms with Gasteiger partial charge in [-0.2, -0.15) is 0 Å². The van der Waals surface area contributed by atoms with Crippen LogP contribution in [0.4, 0.5) is 10.1 Å². The average molecular weight is 378 g/mol. The van der Waals surface area contributed by atoms with Gasteiger partial charge in [0.2, 0.25) is 0 Å². The lowest BCUT2D eigenvalue weighted by atomic mass is 10.1. The summed E-state index contributed by atoms with van der Waals surface area (Å²) < 4.78 is 18.7. The number of rotatable bonds is 7. The highest BCUT2D eigenvalue weighted by Crippen LogP contribution is 2.29. The molecular weight excluding hydrogens is 359 g/mol. The van der Waals surface area contributed by atoms with Gasteiger partial charge in [0.25, 0.3) is 11.6 Å². The molecule has 0 N–H and O–H groups in total. The molecule has 2 aromatic rings. The van der Waals surface area contributed by atoms with Crippen molar-refractivity contribution in [3.05, 3.63) is 63.5 Å². The van der Waals surface area contributed by atoms with Crippen LogP contribution in [0.25, 0.3) is 0 Å². The first-order valence-electron chi connectivity index (χ1n) is 7.85. The Morgan fingerprint density at radius 1 is 1.31 bits per heavy atom. The van der Waals surface area contributed by atoms with Crippen molar-refractivity contribution >= 4 is 23.4 Å². The summed E-state index contributed by atoms with van der Waals surface area (Å²) in [5.74, 6) is -0.723. The fourth-order valence-electron chi connectivity index (χ4n) is 2.50. The Bertz CT molecular complexity index is 829. The van der Waals surface area contributed by atoms with Crippen molar-refractivity contribution in [2.45, 2.75) is 18.4 Å². The molecule has 0 saturated carbocycles. The summed E-state index contributed by atoms with van der Waals surface area (Å²) in [6, 6.07) is 8.91. The second-order valence-electron chi connectivity index (χ2n) is 5.43. The second kappa shape index (κ2) is 8.66. The molecule has 26 heavy (non-hydrogen) atoms. The van der Waals surface area contributed by atoms with Crippen LogP contribution in [-0.2, 0) is 6.54 Å². The molecule has 0 saturated heterocycles. The lowest BCUT2D eigenvalue weighted by Crippen LogP contribution is -2.30. The number of nitro benzene ring substituents is 1. The first-order valence-corrected chi connectivity index (χ1v) is 9.07. The summed E-state index contributed by atoms with van der Waals surface area (Å²) in [5.41, 5.74) is 0.731. The van der Waals surface area contributed by atoms with E-state index in [1.165, 1.54) is 42.0 Å². The van der Waals surface area contributed by atoms with Crippen LogP contribution in [0.15, 0.2) is 41.3 Å². The van der Waals surface area contributed by atoms with Crippen molar-refractivity contribution in [2.75, 3.05) is 19.9 Å². The number of hydrogen-bond donors (Lipinski definition) is 0. The Hall–Kier alpha value is -2.61. The van der Waals surface area contributed by atoms with Crippen LogP contribution >= 0.6 is 11.8 Å². The van der Waals surface area contributed by atoms with Gasteiger partial charge in [-0.15, -0.1) is 11.8 Å². The van der Waals surface area contributed by atoms with Gasteiger partial charge in [-0.25, -0.2) is 4.39 Å². The molecule has 2 rings (SSSR count). The van der Waals surface area contributed by atoms with Crippen molar-refractivity contribution < 1.29 is 18.8 Å². The standard InChI is InChI=1S/C18H19FN2O4S/c1-4-20(11-12-5-7-16(25-2)14(19)9-12)18(22)13-6-8-17(26-3)15(10-13)21(23)24/h5-10H,4,11H2,1-3H3. The van der Waals surface area contributed by atoms with Crippen LogP contribution in [-0.4, -0.2) is 35.6 Å². The lowest BCUT2D eigenvalue weighted by molar-refractivity contribution is -0.387. The van der Waals surface area contributed by atoms with Crippen LogP contribution < -0.4 is 4.74 Å². The smallest absolute Gasteiger partial charge is 0.283 e. The Morgan fingerprint density at radius 3 is 2.58 bits per heavy atom. The van der Waals surface area contributed by atoms with E-state index in [0.717, 1.165) is 0 Å². The van der Waals surface area contributed by atoms with Crippen LogP contribution in [0.2, 0.25) is 0 Å². The van der Waals surface area contributed by atoms with E-state index in [1.807, 2.05) is 0 Å². The van der Waals surface area contributed by atoms with Crippen molar-refractivity contribution in [1.29, 1.82) is 0 Å². The Labute approximate surface area is 155 Å². The monoisotopic (exact) mass is 378 g/mol. The minimum absolute atomic E-state index is 0.102. The molecule has 0 aliphatic rings. The largest absolute Gasteiger partial charge is 0.494 e. The number of halogens is 1. The zero-order valence-electron chi connectivity index (χ0n) is 14.7. The molecule has 6 nitrogen and oxygen atoms in total. The van der Waals surface area contributed by atoms with Gasteiger partial charge < -0.3 is 9.64 Å². The summed E-state index contributed by atoms with van der Waals surface area (Å²) in [7, 11) is 1.38. The first-order chi connectivity index (χ1) is 12.4. The Morgan fingerprint density at radius 2 is 2.04 bits per heavy atom. The number of thioether (sulfide) groups is 1. The van der Waals surface area contributed by atoms with Crippen LogP contribution in [0, 0.1) is 15.9 Å². The number of nitrogens with zero attached hydrogens (tertiary/aromatic N) is 2. The summed E-state index contributed by atoms with van der Waals surface area (Å²) in [5, 5.41) is 11.2. The van der Waals surface area contributed by atoms with Crippen molar-refractivity contribution in [1.82, 2.24) is 4.90 Å². The third kappa shape index (κ3) is 4.32. The molecular formula is C18H19FN2O4S. The molecule has 0 aliphatic carbocycles. The molecule has 0 aliphatic heterocycles. The Balaban J connectivity index is 2.27. The number of carbonyl (C=O) groups excluding carboxylic acids is 1. The highest BCUT2D eigenvalue weighted by atomic mass is 32.2.